The highest BCUT2D eigenvalue weighted by Gasteiger charge is 2.29. The van der Waals surface area contributed by atoms with Gasteiger partial charge in [-0.05, 0) is 47.2 Å². The van der Waals surface area contributed by atoms with Crippen LogP contribution in [0.4, 0.5) is 0 Å². The van der Waals surface area contributed by atoms with E-state index in [1.165, 1.54) is 38.9 Å². The first-order valence-electron chi connectivity index (χ1n) is 16.5. The van der Waals surface area contributed by atoms with Gasteiger partial charge in [0.15, 0.2) is 0 Å². The summed E-state index contributed by atoms with van der Waals surface area (Å²) in [4.78, 5) is 8.05. The Labute approximate surface area is 282 Å². The van der Waals surface area contributed by atoms with Crippen molar-refractivity contribution in [3.63, 3.8) is 0 Å². The summed E-state index contributed by atoms with van der Waals surface area (Å²) < 4.78 is 0. The summed E-state index contributed by atoms with van der Waals surface area (Å²) in [5.41, 5.74) is 18.5. The second-order valence-corrected chi connectivity index (χ2v) is 12.4. The van der Waals surface area contributed by atoms with Crippen molar-refractivity contribution in [3.05, 3.63) is 181 Å². The third-order valence-corrected chi connectivity index (χ3v) is 9.18. The maximum atomic E-state index is 4.07. The van der Waals surface area contributed by atoms with E-state index in [1.807, 2.05) is 0 Å². The molecule has 2 aromatic heterocycles. The fourth-order valence-electron chi connectivity index (χ4n) is 6.81. The van der Waals surface area contributed by atoms with E-state index in [9.17, 15) is 0 Å². The van der Waals surface area contributed by atoms with Gasteiger partial charge in [-0.15, -0.1) is 0 Å². The van der Waals surface area contributed by atoms with E-state index < -0.39 is 0 Å². The van der Waals surface area contributed by atoms with E-state index in [1.54, 1.807) is 0 Å². The zero-order valence-corrected chi connectivity index (χ0v) is 27.2. The summed E-state index contributed by atoms with van der Waals surface area (Å²) in [7, 11) is 0. The molecular formula is C46H36N2. The van der Waals surface area contributed by atoms with Crippen LogP contribution in [0.15, 0.2) is 170 Å². The lowest BCUT2D eigenvalue weighted by Gasteiger charge is -2.14. The molecule has 0 unspecified atom stereocenters. The smallest absolute Gasteiger partial charge is 0.0573 e. The molecule has 0 aliphatic rings. The number of aryl methyl sites for hydroxylation is 2. The average Bonchev–Trinajstić information content (AvgIpc) is 3.74. The van der Waals surface area contributed by atoms with Crippen molar-refractivity contribution in [2.24, 2.45) is 0 Å². The molecule has 230 valence electrons. The first-order chi connectivity index (χ1) is 23.7. The maximum Gasteiger partial charge on any atom is 0.0573 e. The standard InChI is InChI=1S/C46H36N2/c1-31-23-27-35(28-24-31)40-39(33-15-7-3-8-16-33)43(36-19-11-5-12-20-36)48-46(40)42-41(34-17-9-4-10-18-34)44(37-21-13-6-14-22-37)47-45(42)38-29-25-32(2)26-30-38/h3-30,47-48H,1-2H3. The molecule has 8 aromatic rings. The van der Waals surface area contributed by atoms with Gasteiger partial charge in [-0.25, -0.2) is 0 Å². The Morgan fingerprint density at radius 2 is 0.521 bits per heavy atom. The fourth-order valence-corrected chi connectivity index (χ4v) is 6.81. The van der Waals surface area contributed by atoms with Crippen LogP contribution in [0.3, 0.4) is 0 Å². The van der Waals surface area contributed by atoms with Gasteiger partial charge in [-0.3, -0.25) is 0 Å². The van der Waals surface area contributed by atoms with Crippen molar-refractivity contribution in [2.45, 2.75) is 13.8 Å². The largest absolute Gasteiger partial charge is 0.353 e. The van der Waals surface area contributed by atoms with Gasteiger partial charge in [0.05, 0.1) is 22.8 Å². The minimum atomic E-state index is 1.08. The fraction of sp³-hybridized carbons (Fsp3) is 0.0435. The number of aromatic amines is 2. The first kappa shape index (κ1) is 29.3. The van der Waals surface area contributed by atoms with Crippen molar-refractivity contribution in [3.8, 4) is 78.4 Å². The van der Waals surface area contributed by atoms with Gasteiger partial charge >= 0.3 is 0 Å². The molecule has 0 aliphatic heterocycles. The van der Waals surface area contributed by atoms with Crippen LogP contribution in [-0.4, -0.2) is 9.97 Å². The molecule has 48 heavy (non-hydrogen) atoms. The zero-order valence-electron chi connectivity index (χ0n) is 27.2. The SMILES string of the molecule is Cc1ccc(-c2[nH]c(-c3ccccc3)c(-c3ccccc3)c2-c2[nH]c(-c3ccccc3)c(-c3ccccc3)c2-c2ccc(C)cc2)cc1. The quantitative estimate of drug-likeness (QED) is 0.179. The summed E-state index contributed by atoms with van der Waals surface area (Å²) in [5, 5.41) is 0. The number of benzene rings is 6. The van der Waals surface area contributed by atoms with Crippen molar-refractivity contribution in [1.82, 2.24) is 9.97 Å². The molecule has 0 atom stereocenters. The Morgan fingerprint density at radius 3 is 0.958 bits per heavy atom. The molecule has 2 N–H and O–H groups in total. The lowest BCUT2D eigenvalue weighted by Crippen LogP contribution is -1.90. The van der Waals surface area contributed by atoms with Crippen molar-refractivity contribution >= 4 is 0 Å². The van der Waals surface area contributed by atoms with Crippen LogP contribution < -0.4 is 0 Å². The number of nitrogens with one attached hydrogen (secondary N) is 2. The maximum absolute atomic E-state index is 4.07. The molecule has 0 aliphatic carbocycles. The molecule has 0 radical (unpaired) electrons. The molecule has 0 amide bonds. The first-order valence-corrected chi connectivity index (χ1v) is 16.5. The summed E-state index contributed by atoms with van der Waals surface area (Å²) in [6.45, 7) is 4.29. The molecule has 0 saturated heterocycles. The Kier molecular flexibility index (Phi) is 7.68. The topological polar surface area (TPSA) is 31.6 Å². The van der Waals surface area contributed by atoms with Gasteiger partial charge in [0.2, 0.25) is 0 Å². The summed E-state index contributed by atoms with van der Waals surface area (Å²) >= 11 is 0. The Balaban J connectivity index is 1.56. The van der Waals surface area contributed by atoms with Gasteiger partial charge in [0.25, 0.3) is 0 Å². The number of aromatic nitrogens is 2. The number of hydrogen-bond donors (Lipinski definition) is 2. The Morgan fingerprint density at radius 1 is 0.250 bits per heavy atom. The Bertz CT molecular complexity index is 2290. The second-order valence-electron chi connectivity index (χ2n) is 12.4. The molecule has 6 aromatic carbocycles. The van der Waals surface area contributed by atoms with Crippen LogP contribution in [0.25, 0.3) is 78.4 Å². The molecular weight excluding hydrogens is 581 g/mol. The zero-order chi connectivity index (χ0) is 32.5. The van der Waals surface area contributed by atoms with E-state index in [-0.39, 0.29) is 0 Å². The molecule has 0 spiro atoms. The third kappa shape index (κ3) is 5.38. The van der Waals surface area contributed by atoms with Crippen molar-refractivity contribution in [1.29, 1.82) is 0 Å². The molecule has 2 heterocycles. The predicted octanol–water partition coefficient (Wildman–Crippen LogP) is 12.6. The molecule has 8 rings (SSSR count). The van der Waals surface area contributed by atoms with Crippen LogP contribution in [-0.2, 0) is 0 Å². The lowest BCUT2D eigenvalue weighted by molar-refractivity contribution is 1.36. The number of H-pyrrole nitrogens is 2. The molecule has 0 bridgehead atoms. The van der Waals surface area contributed by atoms with Crippen molar-refractivity contribution < 1.29 is 0 Å². The molecule has 0 fully saturated rings. The Hall–Kier alpha value is -6.12. The van der Waals surface area contributed by atoms with Crippen LogP contribution in [0.2, 0.25) is 0 Å². The molecule has 0 saturated carbocycles. The van der Waals surface area contributed by atoms with Gasteiger partial charge in [0.1, 0.15) is 0 Å². The number of rotatable bonds is 7. The highest BCUT2D eigenvalue weighted by atomic mass is 14.8. The summed E-state index contributed by atoms with van der Waals surface area (Å²) in [6.07, 6.45) is 0. The summed E-state index contributed by atoms with van der Waals surface area (Å²) in [5.74, 6) is 0. The van der Waals surface area contributed by atoms with Crippen LogP contribution >= 0.6 is 0 Å². The molecule has 2 heteroatoms. The minimum Gasteiger partial charge on any atom is -0.353 e. The average molecular weight is 617 g/mol. The van der Waals surface area contributed by atoms with Crippen LogP contribution in [0, 0.1) is 13.8 Å². The van der Waals surface area contributed by atoms with E-state index >= 15 is 0 Å². The lowest BCUT2D eigenvalue weighted by atomic mass is 9.88. The van der Waals surface area contributed by atoms with Crippen LogP contribution in [0.5, 0.6) is 0 Å². The predicted molar refractivity (Wildman–Crippen MR) is 203 cm³/mol. The summed E-state index contributed by atoms with van der Waals surface area (Å²) in [6, 6.07) is 60.9. The van der Waals surface area contributed by atoms with E-state index in [2.05, 4.69) is 194 Å². The van der Waals surface area contributed by atoms with Gasteiger partial charge in [-0.2, -0.15) is 0 Å². The van der Waals surface area contributed by atoms with E-state index in [4.69, 9.17) is 0 Å². The van der Waals surface area contributed by atoms with Gasteiger partial charge in [-0.1, -0.05) is 181 Å². The highest BCUT2D eigenvalue weighted by Crippen LogP contribution is 2.52. The monoisotopic (exact) mass is 616 g/mol. The third-order valence-electron chi connectivity index (χ3n) is 9.18. The van der Waals surface area contributed by atoms with E-state index in [0.717, 1.165) is 50.6 Å². The number of hydrogen-bond acceptors (Lipinski definition) is 0. The normalized spacial score (nSPS) is 11.1. The van der Waals surface area contributed by atoms with Gasteiger partial charge in [0, 0.05) is 22.3 Å². The van der Waals surface area contributed by atoms with Crippen molar-refractivity contribution in [2.75, 3.05) is 0 Å². The van der Waals surface area contributed by atoms with Crippen LogP contribution in [0.1, 0.15) is 11.1 Å². The minimum absolute atomic E-state index is 1.08. The van der Waals surface area contributed by atoms with E-state index in [0.29, 0.717) is 0 Å². The molecule has 2 nitrogen and oxygen atoms in total. The van der Waals surface area contributed by atoms with Gasteiger partial charge < -0.3 is 9.97 Å². The highest BCUT2D eigenvalue weighted by molar-refractivity contribution is 6.09. The second kappa shape index (κ2) is 12.6.